The van der Waals surface area contributed by atoms with Crippen molar-refractivity contribution >= 4 is 23.6 Å². The summed E-state index contributed by atoms with van der Waals surface area (Å²) in [5, 5.41) is 0.636. The Hall–Kier alpha value is -1.48. The Balaban J connectivity index is 2.10. The van der Waals surface area contributed by atoms with Gasteiger partial charge in [-0.15, -0.1) is 0 Å². The van der Waals surface area contributed by atoms with E-state index < -0.39 is 0 Å². The molecular formula is C17H21ClO3. The van der Waals surface area contributed by atoms with E-state index >= 15 is 0 Å². The van der Waals surface area contributed by atoms with E-state index in [-0.39, 0.29) is 23.2 Å². The number of hydrogen-bond acceptors (Lipinski definition) is 3. The number of rotatable bonds is 5. The summed E-state index contributed by atoms with van der Waals surface area (Å²) in [5.41, 5.74) is 0.865. The number of ether oxygens (including phenoxy) is 2. The van der Waals surface area contributed by atoms with Crippen LogP contribution in [0, 0.1) is 17.3 Å². The lowest BCUT2D eigenvalue weighted by atomic mass is 10.1. The van der Waals surface area contributed by atoms with E-state index in [1.54, 1.807) is 13.2 Å². The summed E-state index contributed by atoms with van der Waals surface area (Å²) in [6.45, 7) is 6.42. The molecule has 1 saturated carbocycles. The quantitative estimate of drug-likeness (QED) is 0.765. The number of benzene rings is 1. The fourth-order valence-electron chi connectivity index (χ4n) is 2.70. The lowest BCUT2D eigenvalue weighted by Gasteiger charge is -2.03. The van der Waals surface area contributed by atoms with Gasteiger partial charge in [-0.1, -0.05) is 37.6 Å². The molecule has 0 radical (unpaired) electrons. The Morgan fingerprint density at radius 1 is 1.43 bits per heavy atom. The van der Waals surface area contributed by atoms with E-state index in [2.05, 4.69) is 19.9 Å². The molecule has 1 aromatic carbocycles. The van der Waals surface area contributed by atoms with Crippen molar-refractivity contribution in [3.05, 3.63) is 34.9 Å². The highest BCUT2D eigenvalue weighted by atomic mass is 35.5. The van der Waals surface area contributed by atoms with Crippen LogP contribution in [-0.2, 0) is 9.53 Å². The normalized spacial score (nSPS) is 23.1. The first-order valence-corrected chi connectivity index (χ1v) is 7.48. The van der Waals surface area contributed by atoms with Gasteiger partial charge in [-0.2, -0.15) is 0 Å². The van der Waals surface area contributed by atoms with Gasteiger partial charge in [0.2, 0.25) is 0 Å². The van der Waals surface area contributed by atoms with Crippen LogP contribution in [-0.4, -0.2) is 19.7 Å². The zero-order valence-corrected chi connectivity index (χ0v) is 13.6. The van der Waals surface area contributed by atoms with Crippen molar-refractivity contribution in [2.45, 2.75) is 20.8 Å². The molecule has 0 N–H and O–H groups in total. The first-order chi connectivity index (χ1) is 9.91. The van der Waals surface area contributed by atoms with Crippen LogP contribution in [0.3, 0.4) is 0 Å². The molecule has 0 aromatic heterocycles. The van der Waals surface area contributed by atoms with Crippen molar-refractivity contribution in [1.29, 1.82) is 0 Å². The lowest BCUT2D eigenvalue weighted by molar-refractivity contribution is -0.145. The third-order valence-electron chi connectivity index (χ3n) is 4.14. The van der Waals surface area contributed by atoms with Crippen molar-refractivity contribution in [3.8, 4) is 5.75 Å². The van der Waals surface area contributed by atoms with Crippen molar-refractivity contribution in [3.63, 3.8) is 0 Å². The van der Waals surface area contributed by atoms with Gasteiger partial charge >= 0.3 is 5.97 Å². The van der Waals surface area contributed by atoms with Crippen LogP contribution in [0.25, 0.3) is 6.08 Å². The van der Waals surface area contributed by atoms with Crippen LogP contribution in [0.1, 0.15) is 26.3 Å². The number of hydrogen-bond donors (Lipinski definition) is 0. The highest BCUT2D eigenvalue weighted by Crippen LogP contribution is 2.59. The second kappa shape index (κ2) is 6.10. The number of allylic oxidation sites excluding steroid dienone is 1. The summed E-state index contributed by atoms with van der Waals surface area (Å²) in [6.07, 6.45) is 4.02. The second-order valence-electron chi connectivity index (χ2n) is 5.82. The predicted octanol–water partition coefficient (Wildman–Crippen LogP) is 4.20. The summed E-state index contributed by atoms with van der Waals surface area (Å²) < 4.78 is 10.2. The Labute approximate surface area is 130 Å². The predicted molar refractivity (Wildman–Crippen MR) is 84.4 cm³/mol. The fourth-order valence-corrected chi connectivity index (χ4v) is 2.93. The van der Waals surface area contributed by atoms with Crippen LogP contribution in [0.15, 0.2) is 24.3 Å². The van der Waals surface area contributed by atoms with Gasteiger partial charge < -0.3 is 9.47 Å². The van der Waals surface area contributed by atoms with E-state index in [1.807, 2.05) is 25.1 Å². The average molecular weight is 309 g/mol. The van der Waals surface area contributed by atoms with Gasteiger partial charge in [-0.3, -0.25) is 4.79 Å². The standard InChI is InChI=1S/C17H21ClO3/c1-5-21-16(19)15-13(17(15,2)3)9-7-11-6-8-12(20-4)10-14(11)18/h6-10,13,15H,5H2,1-4H3/b9-7+. The molecule has 4 heteroatoms. The molecule has 1 fully saturated rings. The van der Waals surface area contributed by atoms with Crippen LogP contribution >= 0.6 is 11.6 Å². The van der Waals surface area contributed by atoms with Crippen molar-refractivity contribution in [2.24, 2.45) is 17.3 Å². The topological polar surface area (TPSA) is 35.5 Å². The molecule has 21 heavy (non-hydrogen) atoms. The van der Waals surface area contributed by atoms with E-state index in [1.165, 1.54) is 0 Å². The third-order valence-corrected chi connectivity index (χ3v) is 4.47. The van der Waals surface area contributed by atoms with Crippen LogP contribution in [0.5, 0.6) is 5.75 Å². The molecule has 2 rings (SSSR count). The number of carbonyl (C=O) groups is 1. The molecule has 0 spiro atoms. The van der Waals surface area contributed by atoms with Crippen LogP contribution < -0.4 is 4.74 Å². The number of esters is 1. The Bertz CT molecular complexity index is 563. The summed E-state index contributed by atoms with van der Waals surface area (Å²) in [5.74, 6) is 0.742. The molecule has 1 aromatic rings. The molecule has 114 valence electrons. The van der Waals surface area contributed by atoms with E-state index in [4.69, 9.17) is 21.1 Å². The first-order valence-electron chi connectivity index (χ1n) is 7.10. The van der Waals surface area contributed by atoms with E-state index in [9.17, 15) is 4.79 Å². The molecule has 3 nitrogen and oxygen atoms in total. The Morgan fingerprint density at radius 2 is 2.14 bits per heavy atom. The molecule has 0 aliphatic heterocycles. The summed E-state index contributed by atoms with van der Waals surface area (Å²) in [7, 11) is 1.61. The molecule has 1 aliphatic rings. The molecule has 1 aliphatic carbocycles. The summed E-state index contributed by atoms with van der Waals surface area (Å²) in [4.78, 5) is 11.9. The smallest absolute Gasteiger partial charge is 0.310 e. The van der Waals surface area contributed by atoms with Gasteiger partial charge in [0.05, 0.1) is 24.7 Å². The zero-order valence-electron chi connectivity index (χ0n) is 12.9. The molecule has 2 unspecified atom stereocenters. The summed E-state index contributed by atoms with van der Waals surface area (Å²) in [6, 6.07) is 5.56. The molecule has 0 saturated heterocycles. The van der Waals surface area contributed by atoms with Gasteiger partial charge in [0.15, 0.2) is 0 Å². The third kappa shape index (κ3) is 3.24. The Morgan fingerprint density at radius 3 is 2.71 bits per heavy atom. The highest BCUT2D eigenvalue weighted by molar-refractivity contribution is 6.32. The molecule has 2 atom stereocenters. The minimum atomic E-state index is -0.113. The van der Waals surface area contributed by atoms with Crippen LogP contribution in [0.2, 0.25) is 5.02 Å². The van der Waals surface area contributed by atoms with E-state index in [0.29, 0.717) is 11.6 Å². The maximum atomic E-state index is 11.9. The SMILES string of the molecule is CCOC(=O)C1C(/C=C/c2ccc(OC)cc2Cl)C1(C)C. The van der Waals surface area contributed by atoms with Gasteiger partial charge in [0.1, 0.15) is 5.75 Å². The minimum Gasteiger partial charge on any atom is -0.497 e. The van der Waals surface area contributed by atoms with Gasteiger partial charge in [0.25, 0.3) is 0 Å². The van der Waals surface area contributed by atoms with Gasteiger partial charge in [-0.25, -0.2) is 0 Å². The van der Waals surface area contributed by atoms with Crippen molar-refractivity contribution < 1.29 is 14.3 Å². The van der Waals surface area contributed by atoms with Crippen molar-refractivity contribution in [2.75, 3.05) is 13.7 Å². The molecular weight excluding hydrogens is 288 g/mol. The fraction of sp³-hybridized carbons (Fsp3) is 0.471. The Kier molecular flexibility index (Phi) is 4.62. The largest absolute Gasteiger partial charge is 0.497 e. The molecule has 0 heterocycles. The second-order valence-corrected chi connectivity index (χ2v) is 6.23. The average Bonchev–Trinajstić information content (AvgIpc) is 2.99. The molecule has 0 bridgehead atoms. The van der Waals surface area contributed by atoms with Gasteiger partial charge in [-0.05, 0) is 42.0 Å². The number of methoxy groups -OCH3 is 1. The summed E-state index contributed by atoms with van der Waals surface area (Å²) >= 11 is 6.21. The highest BCUT2D eigenvalue weighted by Gasteiger charge is 2.61. The molecule has 0 amide bonds. The maximum absolute atomic E-state index is 11.9. The minimum absolute atomic E-state index is 0.0539. The number of halogens is 1. The van der Waals surface area contributed by atoms with E-state index in [0.717, 1.165) is 11.3 Å². The van der Waals surface area contributed by atoms with Crippen LogP contribution in [0.4, 0.5) is 0 Å². The lowest BCUT2D eigenvalue weighted by Crippen LogP contribution is -2.10. The maximum Gasteiger partial charge on any atom is 0.310 e. The monoisotopic (exact) mass is 308 g/mol. The zero-order chi connectivity index (χ0) is 15.6. The van der Waals surface area contributed by atoms with Gasteiger partial charge in [0, 0.05) is 0 Å². The van der Waals surface area contributed by atoms with Crippen molar-refractivity contribution in [1.82, 2.24) is 0 Å². The first kappa shape index (κ1) is 15.9. The number of carbonyl (C=O) groups excluding carboxylic acids is 1.